The second-order valence-electron chi connectivity index (χ2n) is 4.24. The summed E-state index contributed by atoms with van der Waals surface area (Å²) in [5.41, 5.74) is 1.44. The van der Waals surface area contributed by atoms with E-state index in [-0.39, 0.29) is 6.10 Å². The summed E-state index contributed by atoms with van der Waals surface area (Å²) in [5, 5.41) is 20.7. The topological polar surface area (TPSA) is 82.4 Å². The van der Waals surface area contributed by atoms with E-state index < -0.39 is 12.1 Å². The van der Waals surface area contributed by atoms with Crippen LogP contribution in [0.4, 0.5) is 5.69 Å². The number of carbonyl (C=O) groups is 1. The van der Waals surface area contributed by atoms with Gasteiger partial charge in [0.25, 0.3) is 0 Å². The lowest BCUT2D eigenvalue weighted by atomic mass is 10.2. The van der Waals surface area contributed by atoms with Gasteiger partial charge >= 0.3 is 5.97 Å². The fourth-order valence-electron chi connectivity index (χ4n) is 1.97. The number of nitriles is 1. The van der Waals surface area contributed by atoms with Crippen LogP contribution in [-0.4, -0.2) is 29.8 Å². The maximum atomic E-state index is 10.7. The van der Waals surface area contributed by atoms with Gasteiger partial charge in [-0.1, -0.05) is 6.07 Å². The van der Waals surface area contributed by atoms with Crippen molar-refractivity contribution in [1.29, 1.82) is 5.26 Å². The normalized spacial score (nSPS) is 22.4. The van der Waals surface area contributed by atoms with Crippen molar-refractivity contribution < 1.29 is 14.6 Å². The van der Waals surface area contributed by atoms with E-state index in [4.69, 9.17) is 15.1 Å². The van der Waals surface area contributed by atoms with Crippen LogP contribution in [0, 0.1) is 11.3 Å². The van der Waals surface area contributed by atoms with Gasteiger partial charge in [-0.3, -0.25) is 0 Å². The number of carboxylic acids is 1. The fraction of sp³-hybridized carbons (Fsp3) is 0.385. The highest BCUT2D eigenvalue weighted by Crippen LogP contribution is 2.20. The molecule has 1 aromatic rings. The van der Waals surface area contributed by atoms with Gasteiger partial charge in [-0.25, -0.2) is 4.79 Å². The molecule has 0 amide bonds. The number of nitrogens with one attached hydrogen (secondary N) is 1. The number of aliphatic carboxylic acids is 1. The minimum atomic E-state index is -0.899. The molecular formula is C13H14N2O3. The third-order valence-electron chi connectivity index (χ3n) is 2.91. The summed E-state index contributed by atoms with van der Waals surface area (Å²) in [5.74, 6) is -0.899. The number of nitrogens with zero attached hydrogens (tertiary/aromatic N) is 1. The Balaban J connectivity index is 1.85. The lowest BCUT2D eigenvalue weighted by Crippen LogP contribution is -2.24. The molecule has 2 rings (SSSR count). The van der Waals surface area contributed by atoms with Crippen molar-refractivity contribution in [1.82, 2.24) is 0 Å². The zero-order chi connectivity index (χ0) is 13.0. The van der Waals surface area contributed by atoms with Gasteiger partial charge in [-0.2, -0.15) is 5.26 Å². The molecule has 1 aromatic carbocycles. The van der Waals surface area contributed by atoms with Crippen molar-refractivity contribution in [2.45, 2.75) is 25.0 Å². The average Bonchev–Trinajstić information content (AvgIpc) is 2.85. The number of anilines is 1. The molecule has 2 atom stereocenters. The first-order valence-corrected chi connectivity index (χ1v) is 5.81. The minimum Gasteiger partial charge on any atom is -0.479 e. The van der Waals surface area contributed by atoms with Gasteiger partial charge in [-0.15, -0.1) is 0 Å². The zero-order valence-corrected chi connectivity index (χ0v) is 9.80. The summed E-state index contributed by atoms with van der Waals surface area (Å²) in [6.07, 6.45) is 0.529. The zero-order valence-electron chi connectivity index (χ0n) is 9.80. The smallest absolute Gasteiger partial charge is 0.332 e. The van der Waals surface area contributed by atoms with Gasteiger partial charge in [0.15, 0.2) is 6.10 Å². The molecule has 94 valence electrons. The maximum Gasteiger partial charge on any atom is 0.332 e. The molecule has 0 aliphatic carbocycles. The largest absolute Gasteiger partial charge is 0.479 e. The first kappa shape index (κ1) is 12.4. The molecule has 0 aromatic heterocycles. The van der Waals surface area contributed by atoms with E-state index in [1.165, 1.54) is 0 Å². The number of carboxylic acid groups (broad SMARTS) is 1. The number of ether oxygens (including phenoxy) is 1. The molecule has 5 nitrogen and oxygen atoms in total. The van der Waals surface area contributed by atoms with E-state index in [1.807, 2.05) is 6.07 Å². The highest BCUT2D eigenvalue weighted by atomic mass is 16.5. The van der Waals surface area contributed by atoms with Crippen molar-refractivity contribution in [2.24, 2.45) is 0 Å². The van der Waals surface area contributed by atoms with Crippen LogP contribution in [0.25, 0.3) is 0 Å². The molecule has 1 saturated heterocycles. The van der Waals surface area contributed by atoms with E-state index >= 15 is 0 Å². The fourth-order valence-corrected chi connectivity index (χ4v) is 1.97. The molecule has 0 saturated carbocycles. The van der Waals surface area contributed by atoms with Crippen LogP contribution in [0.3, 0.4) is 0 Å². The summed E-state index contributed by atoms with van der Waals surface area (Å²) in [4.78, 5) is 10.7. The maximum absolute atomic E-state index is 10.7. The van der Waals surface area contributed by atoms with Crippen LogP contribution in [0.2, 0.25) is 0 Å². The van der Waals surface area contributed by atoms with Gasteiger partial charge in [0.05, 0.1) is 17.7 Å². The summed E-state index contributed by atoms with van der Waals surface area (Å²) in [7, 11) is 0. The van der Waals surface area contributed by atoms with Gasteiger partial charge in [-0.05, 0) is 31.0 Å². The van der Waals surface area contributed by atoms with Crippen LogP contribution in [-0.2, 0) is 9.53 Å². The Morgan fingerprint density at radius 2 is 2.39 bits per heavy atom. The molecule has 2 N–H and O–H groups in total. The van der Waals surface area contributed by atoms with E-state index in [1.54, 1.807) is 18.2 Å². The van der Waals surface area contributed by atoms with E-state index in [0.717, 1.165) is 12.1 Å². The molecule has 18 heavy (non-hydrogen) atoms. The van der Waals surface area contributed by atoms with Crippen molar-refractivity contribution >= 4 is 11.7 Å². The Labute approximate surface area is 105 Å². The first-order chi connectivity index (χ1) is 8.69. The first-order valence-electron chi connectivity index (χ1n) is 5.81. The Morgan fingerprint density at radius 1 is 1.56 bits per heavy atom. The van der Waals surface area contributed by atoms with Crippen molar-refractivity contribution in [3.63, 3.8) is 0 Å². The number of benzene rings is 1. The highest BCUT2D eigenvalue weighted by molar-refractivity contribution is 5.72. The van der Waals surface area contributed by atoms with Crippen LogP contribution in [0.15, 0.2) is 24.3 Å². The average molecular weight is 246 g/mol. The monoisotopic (exact) mass is 246 g/mol. The molecule has 1 heterocycles. The van der Waals surface area contributed by atoms with Crippen LogP contribution in [0.5, 0.6) is 0 Å². The van der Waals surface area contributed by atoms with Crippen molar-refractivity contribution in [3.8, 4) is 6.07 Å². The Bertz CT molecular complexity index is 481. The lowest BCUT2D eigenvalue weighted by Gasteiger charge is -2.13. The van der Waals surface area contributed by atoms with E-state index in [0.29, 0.717) is 18.5 Å². The SMILES string of the molecule is N#Cc1cccc(NCC2CCC(C(=O)O)O2)c1. The second kappa shape index (κ2) is 5.52. The molecule has 0 radical (unpaired) electrons. The van der Waals surface area contributed by atoms with Crippen molar-refractivity contribution in [2.75, 3.05) is 11.9 Å². The third kappa shape index (κ3) is 2.99. The number of hydrogen-bond donors (Lipinski definition) is 2. The van der Waals surface area contributed by atoms with Gasteiger partial charge in [0.2, 0.25) is 0 Å². The van der Waals surface area contributed by atoms with Gasteiger partial charge in [0.1, 0.15) is 0 Å². The van der Waals surface area contributed by atoms with Gasteiger partial charge < -0.3 is 15.2 Å². The van der Waals surface area contributed by atoms with Crippen LogP contribution < -0.4 is 5.32 Å². The molecule has 1 fully saturated rings. The predicted octanol–water partition coefficient (Wildman–Crippen LogP) is 1.60. The standard InChI is InChI=1S/C13H14N2O3/c14-7-9-2-1-3-10(6-9)15-8-11-4-5-12(18-11)13(16)17/h1-3,6,11-12,15H,4-5,8H2,(H,16,17). The van der Waals surface area contributed by atoms with Crippen molar-refractivity contribution in [3.05, 3.63) is 29.8 Å². The third-order valence-corrected chi connectivity index (χ3v) is 2.91. The van der Waals surface area contributed by atoms with Crippen LogP contribution >= 0.6 is 0 Å². The second-order valence-corrected chi connectivity index (χ2v) is 4.24. The molecule has 5 heteroatoms. The quantitative estimate of drug-likeness (QED) is 0.843. The highest BCUT2D eigenvalue weighted by Gasteiger charge is 2.30. The van der Waals surface area contributed by atoms with Crippen LogP contribution in [0.1, 0.15) is 18.4 Å². The summed E-state index contributed by atoms with van der Waals surface area (Å²) in [6.45, 7) is 0.554. The molecule has 2 unspecified atom stereocenters. The predicted molar refractivity (Wildman–Crippen MR) is 65.2 cm³/mol. The Hall–Kier alpha value is -2.06. The number of hydrogen-bond acceptors (Lipinski definition) is 4. The Morgan fingerprint density at radius 3 is 3.06 bits per heavy atom. The molecule has 1 aliphatic rings. The molecule has 0 spiro atoms. The van der Waals surface area contributed by atoms with Gasteiger partial charge in [0, 0.05) is 12.2 Å². The molecule has 1 aliphatic heterocycles. The number of rotatable bonds is 4. The molecule has 0 bridgehead atoms. The molecular weight excluding hydrogens is 232 g/mol. The van der Waals surface area contributed by atoms with E-state index in [9.17, 15) is 4.79 Å². The van der Waals surface area contributed by atoms with E-state index in [2.05, 4.69) is 11.4 Å². The minimum absolute atomic E-state index is 0.0863. The summed E-state index contributed by atoms with van der Waals surface area (Å²) >= 11 is 0. The summed E-state index contributed by atoms with van der Waals surface area (Å²) in [6, 6.07) is 9.22. The lowest BCUT2D eigenvalue weighted by molar-refractivity contribution is -0.149. The summed E-state index contributed by atoms with van der Waals surface area (Å²) < 4.78 is 5.37. The Kier molecular flexibility index (Phi) is 3.80.